The summed E-state index contributed by atoms with van der Waals surface area (Å²) in [5.74, 6) is 0.875. The molecule has 154 valence electrons. The van der Waals surface area contributed by atoms with E-state index in [1.165, 1.54) is 25.3 Å². The molecule has 4 nitrogen and oxygen atoms in total. The Labute approximate surface area is 177 Å². The second-order valence-corrected chi connectivity index (χ2v) is 8.91. The molecule has 5 heteroatoms. The second kappa shape index (κ2) is 8.74. The third-order valence-electron chi connectivity index (χ3n) is 6.49. The van der Waals surface area contributed by atoms with E-state index in [1.807, 2.05) is 24.3 Å². The van der Waals surface area contributed by atoms with Crippen molar-refractivity contribution in [3.05, 3.63) is 69.1 Å². The van der Waals surface area contributed by atoms with Crippen LogP contribution in [0, 0.1) is 5.92 Å². The summed E-state index contributed by atoms with van der Waals surface area (Å²) < 4.78 is 1.59. The molecule has 2 aromatic rings. The highest BCUT2D eigenvalue weighted by molar-refractivity contribution is 6.31. The van der Waals surface area contributed by atoms with E-state index in [9.17, 15) is 9.59 Å². The third-order valence-corrected chi connectivity index (χ3v) is 6.86. The summed E-state index contributed by atoms with van der Waals surface area (Å²) in [6.45, 7) is 2.63. The molecule has 0 N–H and O–H groups in total. The fourth-order valence-electron chi connectivity index (χ4n) is 4.55. The van der Waals surface area contributed by atoms with E-state index >= 15 is 0 Å². The van der Waals surface area contributed by atoms with E-state index in [0.29, 0.717) is 29.2 Å². The number of pyridine rings is 1. The molecular formula is C24H29ClN2O2. The number of amides is 1. The Morgan fingerprint density at radius 3 is 2.31 bits per heavy atom. The van der Waals surface area contributed by atoms with Crippen molar-refractivity contribution in [2.45, 2.75) is 70.5 Å². The molecule has 0 spiro atoms. The van der Waals surface area contributed by atoms with Crippen molar-refractivity contribution in [1.82, 2.24) is 9.47 Å². The quantitative estimate of drug-likeness (QED) is 0.660. The molecule has 4 rings (SSSR count). The zero-order valence-corrected chi connectivity index (χ0v) is 17.8. The summed E-state index contributed by atoms with van der Waals surface area (Å²) in [7, 11) is 0. The fraction of sp³-hybridized carbons (Fsp3) is 0.500. The van der Waals surface area contributed by atoms with Crippen molar-refractivity contribution in [3.8, 4) is 0 Å². The Morgan fingerprint density at radius 1 is 1.03 bits per heavy atom. The topological polar surface area (TPSA) is 42.3 Å². The third kappa shape index (κ3) is 4.58. The Balaban J connectivity index is 1.56. The maximum atomic E-state index is 13.4. The van der Waals surface area contributed by atoms with Gasteiger partial charge in [0.15, 0.2) is 0 Å². The standard InChI is InChI=1S/C24H29ClN2O2/c1-2-17-7-10-20(11-8-17)27(21-12-13-21)24(29)19-9-14-23(28)26(16-19)15-18-5-3-4-6-22(18)25/h3-6,9,14,16-17,20-21H,2,7-8,10-13,15H2,1H3. The summed E-state index contributed by atoms with van der Waals surface area (Å²) in [5.41, 5.74) is 1.35. The minimum absolute atomic E-state index is 0.0698. The fourth-order valence-corrected chi connectivity index (χ4v) is 4.75. The summed E-state index contributed by atoms with van der Waals surface area (Å²) in [6.07, 6.45) is 9.75. The van der Waals surface area contributed by atoms with Gasteiger partial charge in [-0.05, 0) is 62.1 Å². The minimum atomic E-state index is -0.122. The lowest BCUT2D eigenvalue weighted by Gasteiger charge is -2.37. The van der Waals surface area contributed by atoms with Crippen LogP contribution < -0.4 is 5.56 Å². The van der Waals surface area contributed by atoms with E-state index in [2.05, 4.69) is 11.8 Å². The van der Waals surface area contributed by atoms with Gasteiger partial charge in [0.2, 0.25) is 0 Å². The number of aromatic nitrogens is 1. The molecule has 2 saturated carbocycles. The van der Waals surface area contributed by atoms with Gasteiger partial charge in [0.1, 0.15) is 0 Å². The first-order chi connectivity index (χ1) is 14.1. The van der Waals surface area contributed by atoms with Gasteiger partial charge in [-0.25, -0.2) is 0 Å². The predicted octanol–water partition coefficient (Wildman–Crippen LogP) is 5.12. The van der Waals surface area contributed by atoms with Crippen molar-refractivity contribution in [1.29, 1.82) is 0 Å². The molecule has 0 saturated heterocycles. The highest BCUT2D eigenvalue weighted by Crippen LogP contribution is 2.37. The zero-order chi connectivity index (χ0) is 20.4. The van der Waals surface area contributed by atoms with Gasteiger partial charge in [0.25, 0.3) is 11.5 Å². The van der Waals surface area contributed by atoms with Crippen molar-refractivity contribution in [2.75, 3.05) is 0 Å². The van der Waals surface area contributed by atoms with Crippen LogP contribution in [0.4, 0.5) is 0 Å². The number of carbonyl (C=O) groups is 1. The highest BCUT2D eigenvalue weighted by atomic mass is 35.5. The Kier molecular flexibility index (Phi) is 6.09. The molecule has 2 aliphatic rings. The molecular weight excluding hydrogens is 384 g/mol. The van der Waals surface area contributed by atoms with E-state index in [4.69, 9.17) is 11.6 Å². The summed E-state index contributed by atoms with van der Waals surface area (Å²) >= 11 is 6.26. The number of carbonyl (C=O) groups excluding carboxylic acids is 1. The molecule has 29 heavy (non-hydrogen) atoms. The van der Waals surface area contributed by atoms with E-state index in [-0.39, 0.29) is 11.5 Å². The van der Waals surface area contributed by atoms with Gasteiger partial charge in [-0.2, -0.15) is 0 Å². The molecule has 2 aliphatic carbocycles. The van der Waals surface area contributed by atoms with Gasteiger partial charge in [-0.1, -0.05) is 43.1 Å². The Hall–Kier alpha value is -2.07. The molecule has 0 bridgehead atoms. The van der Waals surface area contributed by atoms with Crippen LogP contribution in [0.15, 0.2) is 47.4 Å². The lowest BCUT2D eigenvalue weighted by Crippen LogP contribution is -2.44. The predicted molar refractivity (Wildman–Crippen MR) is 116 cm³/mol. The first-order valence-electron chi connectivity index (χ1n) is 10.8. The van der Waals surface area contributed by atoms with E-state index in [0.717, 1.165) is 37.2 Å². The number of hydrogen-bond acceptors (Lipinski definition) is 2. The number of nitrogens with zero attached hydrogens (tertiary/aromatic N) is 2. The van der Waals surface area contributed by atoms with Crippen molar-refractivity contribution >= 4 is 17.5 Å². The van der Waals surface area contributed by atoms with Crippen LogP contribution in [0.1, 0.15) is 67.8 Å². The molecule has 0 radical (unpaired) electrons. The smallest absolute Gasteiger partial charge is 0.255 e. The zero-order valence-electron chi connectivity index (χ0n) is 17.0. The lowest BCUT2D eigenvalue weighted by atomic mass is 9.83. The van der Waals surface area contributed by atoms with Gasteiger partial charge in [0.05, 0.1) is 12.1 Å². The molecule has 0 unspecified atom stereocenters. The van der Waals surface area contributed by atoms with Crippen LogP contribution >= 0.6 is 11.6 Å². The molecule has 1 aromatic carbocycles. The number of rotatable bonds is 6. The average Bonchev–Trinajstić information content (AvgIpc) is 3.57. The van der Waals surface area contributed by atoms with Crippen LogP contribution in [-0.2, 0) is 6.54 Å². The highest BCUT2D eigenvalue weighted by Gasteiger charge is 2.39. The van der Waals surface area contributed by atoms with E-state index in [1.54, 1.807) is 16.8 Å². The molecule has 1 heterocycles. The van der Waals surface area contributed by atoms with Gasteiger partial charge in [-0.15, -0.1) is 0 Å². The minimum Gasteiger partial charge on any atom is -0.333 e. The maximum Gasteiger partial charge on any atom is 0.255 e. The van der Waals surface area contributed by atoms with Gasteiger partial charge in [0, 0.05) is 29.4 Å². The Morgan fingerprint density at radius 2 is 1.69 bits per heavy atom. The summed E-state index contributed by atoms with van der Waals surface area (Å²) in [6, 6.07) is 11.4. The maximum absolute atomic E-state index is 13.4. The Bertz CT molecular complexity index is 926. The largest absolute Gasteiger partial charge is 0.333 e. The van der Waals surface area contributed by atoms with Crippen molar-refractivity contribution in [2.24, 2.45) is 5.92 Å². The lowest BCUT2D eigenvalue weighted by molar-refractivity contribution is 0.0586. The van der Waals surface area contributed by atoms with Crippen LogP contribution in [0.5, 0.6) is 0 Å². The summed E-state index contributed by atoms with van der Waals surface area (Å²) in [5, 5.41) is 0.628. The normalized spacial score (nSPS) is 21.7. The molecule has 0 aliphatic heterocycles. The van der Waals surface area contributed by atoms with Crippen LogP contribution in [0.25, 0.3) is 0 Å². The van der Waals surface area contributed by atoms with Gasteiger partial charge in [-0.3, -0.25) is 9.59 Å². The van der Waals surface area contributed by atoms with Gasteiger partial charge >= 0.3 is 0 Å². The number of halogens is 1. The SMILES string of the molecule is CCC1CCC(N(C(=O)c2ccc(=O)n(Cc3ccccc3Cl)c2)C2CC2)CC1. The van der Waals surface area contributed by atoms with Crippen LogP contribution in [0.2, 0.25) is 5.02 Å². The summed E-state index contributed by atoms with van der Waals surface area (Å²) in [4.78, 5) is 28.0. The molecule has 1 amide bonds. The van der Waals surface area contributed by atoms with Crippen LogP contribution in [-0.4, -0.2) is 27.5 Å². The number of benzene rings is 1. The molecule has 0 atom stereocenters. The first-order valence-corrected chi connectivity index (χ1v) is 11.2. The second-order valence-electron chi connectivity index (χ2n) is 8.50. The molecule has 1 aromatic heterocycles. The monoisotopic (exact) mass is 412 g/mol. The van der Waals surface area contributed by atoms with Gasteiger partial charge < -0.3 is 9.47 Å². The van der Waals surface area contributed by atoms with Crippen molar-refractivity contribution in [3.63, 3.8) is 0 Å². The van der Waals surface area contributed by atoms with E-state index < -0.39 is 0 Å². The number of hydrogen-bond donors (Lipinski definition) is 0. The molecule has 2 fully saturated rings. The average molecular weight is 413 g/mol. The first kappa shape index (κ1) is 20.2. The van der Waals surface area contributed by atoms with Crippen LogP contribution in [0.3, 0.4) is 0 Å². The van der Waals surface area contributed by atoms with Crippen molar-refractivity contribution < 1.29 is 4.79 Å².